The summed E-state index contributed by atoms with van der Waals surface area (Å²) in [6.45, 7) is 1.81. The minimum absolute atomic E-state index is 0.0790. The summed E-state index contributed by atoms with van der Waals surface area (Å²) in [6.07, 6.45) is 4.69. The Labute approximate surface area is 197 Å². The highest BCUT2D eigenvalue weighted by molar-refractivity contribution is 7.99. The van der Waals surface area contributed by atoms with Crippen molar-refractivity contribution in [3.05, 3.63) is 88.4 Å². The summed E-state index contributed by atoms with van der Waals surface area (Å²) in [6, 6.07) is 21.8. The lowest BCUT2D eigenvalue weighted by Gasteiger charge is -2.21. The zero-order valence-electron chi connectivity index (χ0n) is 17.7. The zero-order chi connectivity index (χ0) is 21.9. The highest BCUT2D eigenvalue weighted by atomic mass is 35.5. The Kier molecular flexibility index (Phi) is 6.30. The molecule has 1 saturated heterocycles. The number of amides is 1. The molecule has 4 nitrogen and oxygen atoms in total. The molecule has 0 aromatic heterocycles. The first-order valence-electron chi connectivity index (χ1n) is 11.0. The fraction of sp³-hybridized carbons (Fsp3) is 0.231. The van der Waals surface area contributed by atoms with Crippen LogP contribution in [0.15, 0.2) is 81.5 Å². The minimum Gasteiger partial charge on any atom is -0.285 e. The van der Waals surface area contributed by atoms with E-state index >= 15 is 0 Å². The van der Waals surface area contributed by atoms with Crippen molar-refractivity contribution in [3.8, 4) is 0 Å². The quantitative estimate of drug-likeness (QED) is 0.379. The number of hydrogen-bond acceptors (Lipinski definition) is 4. The van der Waals surface area contributed by atoms with E-state index in [0.717, 1.165) is 58.2 Å². The van der Waals surface area contributed by atoms with Crippen LogP contribution in [-0.2, 0) is 0 Å². The van der Waals surface area contributed by atoms with Crippen molar-refractivity contribution in [1.82, 2.24) is 10.4 Å². The van der Waals surface area contributed by atoms with E-state index in [1.165, 1.54) is 12.8 Å². The number of hydrogen-bond donors (Lipinski definition) is 1. The van der Waals surface area contributed by atoms with Crippen LogP contribution in [0.25, 0.3) is 0 Å². The van der Waals surface area contributed by atoms with Gasteiger partial charge in [0.05, 0.1) is 11.4 Å². The van der Waals surface area contributed by atoms with Gasteiger partial charge in [-0.1, -0.05) is 66.5 Å². The van der Waals surface area contributed by atoms with Crippen molar-refractivity contribution >= 4 is 40.7 Å². The number of hydrazine groups is 1. The molecule has 6 heteroatoms. The van der Waals surface area contributed by atoms with E-state index in [2.05, 4.69) is 17.6 Å². The van der Waals surface area contributed by atoms with E-state index in [0.29, 0.717) is 10.6 Å². The molecule has 1 amide bonds. The largest absolute Gasteiger partial charge is 0.285 e. The van der Waals surface area contributed by atoms with Gasteiger partial charge in [-0.25, -0.2) is 10.0 Å². The molecule has 3 aromatic carbocycles. The molecule has 0 spiro atoms. The lowest BCUT2D eigenvalue weighted by Crippen LogP contribution is -2.42. The number of fused-ring (bicyclic) bond motifs is 2. The predicted molar refractivity (Wildman–Crippen MR) is 131 cm³/mol. The van der Waals surface area contributed by atoms with Crippen LogP contribution < -0.4 is 5.43 Å². The maximum absolute atomic E-state index is 13.0. The highest BCUT2D eigenvalue weighted by Gasteiger charge is 2.20. The molecule has 162 valence electrons. The lowest BCUT2D eigenvalue weighted by atomic mass is 10.0. The van der Waals surface area contributed by atoms with Crippen LogP contribution in [0.1, 0.15) is 47.2 Å². The topological polar surface area (TPSA) is 44.7 Å². The van der Waals surface area contributed by atoms with Crippen molar-refractivity contribution in [3.63, 3.8) is 0 Å². The van der Waals surface area contributed by atoms with Gasteiger partial charge >= 0.3 is 0 Å². The molecule has 0 unspecified atom stereocenters. The van der Waals surface area contributed by atoms with E-state index in [9.17, 15) is 4.79 Å². The molecule has 0 atom stereocenters. The molecule has 0 bridgehead atoms. The summed E-state index contributed by atoms with van der Waals surface area (Å²) in [4.78, 5) is 20.2. The molecule has 0 saturated carbocycles. The molecule has 2 aliphatic rings. The summed E-state index contributed by atoms with van der Waals surface area (Å²) in [5.41, 5.74) is 7.47. The third-order valence-corrected chi connectivity index (χ3v) is 7.19. The van der Waals surface area contributed by atoms with Crippen LogP contribution in [0.2, 0.25) is 5.02 Å². The number of rotatable bonds is 3. The molecular weight excluding hydrogens is 438 g/mol. The van der Waals surface area contributed by atoms with Gasteiger partial charge in [0.25, 0.3) is 5.91 Å². The van der Waals surface area contributed by atoms with E-state index in [1.807, 2.05) is 59.6 Å². The molecule has 2 aliphatic heterocycles. The first-order chi connectivity index (χ1) is 15.7. The fourth-order valence-electron chi connectivity index (χ4n) is 4.10. The van der Waals surface area contributed by atoms with Crippen molar-refractivity contribution in [2.75, 3.05) is 13.1 Å². The second-order valence-electron chi connectivity index (χ2n) is 8.09. The third kappa shape index (κ3) is 4.60. The van der Waals surface area contributed by atoms with Crippen LogP contribution >= 0.6 is 23.4 Å². The Morgan fingerprint density at radius 3 is 2.44 bits per heavy atom. The van der Waals surface area contributed by atoms with Gasteiger partial charge in [0.1, 0.15) is 0 Å². The molecule has 1 fully saturated rings. The summed E-state index contributed by atoms with van der Waals surface area (Å²) in [5.74, 6) is -0.0790. The number of carbonyl (C=O) groups is 1. The minimum atomic E-state index is -0.0790. The number of halogens is 1. The third-order valence-electron chi connectivity index (χ3n) is 5.80. The molecule has 0 aliphatic carbocycles. The average Bonchev–Trinajstić information content (AvgIpc) is 3.16. The molecule has 5 rings (SSSR count). The average molecular weight is 462 g/mol. The number of aliphatic imine (C=N–C) groups is 1. The predicted octanol–water partition coefficient (Wildman–Crippen LogP) is 6.49. The Hall–Kier alpha value is -2.60. The summed E-state index contributed by atoms with van der Waals surface area (Å²) >= 11 is 7.80. The maximum atomic E-state index is 13.0. The second-order valence-corrected chi connectivity index (χ2v) is 9.61. The Morgan fingerprint density at radius 2 is 1.66 bits per heavy atom. The van der Waals surface area contributed by atoms with Crippen LogP contribution in [0.4, 0.5) is 5.69 Å². The Morgan fingerprint density at radius 1 is 0.906 bits per heavy atom. The van der Waals surface area contributed by atoms with Crippen LogP contribution in [0.3, 0.4) is 0 Å². The summed E-state index contributed by atoms with van der Waals surface area (Å²) in [7, 11) is 0. The van der Waals surface area contributed by atoms with Crippen LogP contribution in [0.5, 0.6) is 0 Å². The zero-order valence-corrected chi connectivity index (χ0v) is 19.3. The second kappa shape index (κ2) is 9.49. The van der Waals surface area contributed by atoms with Gasteiger partial charge < -0.3 is 0 Å². The first kappa shape index (κ1) is 21.3. The summed E-state index contributed by atoms with van der Waals surface area (Å²) in [5, 5.41) is 2.74. The highest BCUT2D eigenvalue weighted by Crippen LogP contribution is 2.41. The van der Waals surface area contributed by atoms with Gasteiger partial charge in [-0.15, -0.1) is 0 Å². The van der Waals surface area contributed by atoms with E-state index in [-0.39, 0.29) is 5.91 Å². The van der Waals surface area contributed by atoms with Gasteiger partial charge in [0.2, 0.25) is 0 Å². The maximum Gasteiger partial charge on any atom is 0.265 e. The number of carbonyl (C=O) groups excluding carboxylic acids is 1. The van der Waals surface area contributed by atoms with Gasteiger partial charge in [0.15, 0.2) is 0 Å². The van der Waals surface area contributed by atoms with Gasteiger partial charge in [-0.3, -0.25) is 10.2 Å². The molecule has 3 aromatic rings. The lowest BCUT2D eigenvalue weighted by molar-refractivity contribution is 0.0794. The van der Waals surface area contributed by atoms with Crippen molar-refractivity contribution in [2.45, 2.75) is 35.5 Å². The van der Waals surface area contributed by atoms with E-state index in [4.69, 9.17) is 16.6 Å². The van der Waals surface area contributed by atoms with Crippen LogP contribution in [0, 0.1) is 0 Å². The summed E-state index contributed by atoms with van der Waals surface area (Å²) < 4.78 is 0. The van der Waals surface area contributed by atoms with Crippen molar-refractivity contribution in [1.29, 1.82) is 0 Å². The molecular formula is C26H24ClN3OS. The standard InChI is InChI=1S/C26H24ClN3OS/c27-20-12-9-18(10-13-20)25-21-7-3-4-8-23(21)32-24-14-11-19(17-22(24)28-25)26(31)29-30-15-5-1-2-6-16-30/h3-4,7-14,17H,1-2,5-6,15-16H2,(H,29,31). The Bertz CT molecular complexity index is 1170. The van der Waals surface area contributed by atoms with Crippen molar-refractivity contribution < 1.29 is 4.79 Å². The van der Waals surface area contributed by atoms with Gasteiger partial charge in [-0.05, 0) is 49.2 Å². The molecule has 2 heterocycles. The van der Waals surface area contributed by atoms with Crippen LogP contribution in [-0.4, -0.2) is 29.7 Å². The van der Waals surface area contributed by atoms with Gasteiger partial charge in [0, 0.05) is 44.6 Å². The smallest absolute Gasteiger partial charge is 0.265 e. The first-order valence-corrected chi connectivity index (χ1v) is 12.2. The number of nitrogens with zero attached hydrogens (tertiary/aromatic N) is 2. The van der Waals surface area contributed by atoms with E-state index < -0.39 is 0 Å². The Balaban J connectivity index is 1.51. The van der Waals surface area contributed by atoms with E-state index in [1.54, 1.807) is 11.8 Å². The number of benzene rings is 3. The number of nitrogens with one attached hydrogen (secondary N) is 1. The fourth-order valence-corrected chi connectivity index (χ4v) is 5.23. The normalized spacial score (nSPS) is 16.2. The molecule has 32 heavy (non-hydrogen) atoms. The SMILES string of the molecule is O=C(NN1CCCCCC1)c1ccc2c(c1)N=C(c1ccc(Cl)cc1)c1ccccc1S2. The molecule has 0 radical (unpaired) electrons. The molecule has 1 N–H and O–H groups in total. The van der Waals surface area contributed by atoms with Crippen molar-refractivity contribution in [2.24, 2.45) is 4.99 Å². The monoisotopic (exact) mass is 461 g/mol. The van der Waals surface area contributed by atoms with Gasteiger partial charge in [-0.2, -0.15) is 0 Å².